The molecule has 0 heterocycles. The zero-order chi connectivity index (χ0) is 6.85. The number of carbonyl (C=O) groups excluding carboxylic acids is 1. The first-order valence-corrected chi connectivity index (χ1v) is 3.90. The van der Waals surface area contributed by atoms with Crippen LogP contribution in [-0.4, -0.2) is 16.5 Å². The summed E-state index contributed by atoms with van der Waals surface area (Å²) in [6, 6.07) is 0. The molecule has 1 fully saturated rings. The molecule has 2 atom stereocenters. The Morgan fingerprint density at radius 2 is 2.11 bits per heavy atom. The molecule has 1 nitrogen and oxygen atoms in total. The van der Waals surface area contributed by atoms with E-state index in [0.717, 1.165) is 12.8 Å². The molecule has 1 rings (SSSR count). The molecular weight excluding hydrogens is 159 g/mol. The van der Waals surface area contributed by atoms with Crippen molar-refractivity contribution in [1.29, 1.82) is 0 Å². The van der Waals surface area contributed by atoms with Gasteiger partial charge in [0.2, 0.25) is 0 Å². The highest BCUT2D eigenvalue weighted by molar-refractivity contribution is 6.38. The predicted octanol–water partition coefficient (Wildman–Crippen LogP) is 1.95. The molecule has 0 aliphatic heterocycles. The van der Waals surface area contributed by atoms with E-state index in [0.29, 0.717) is 6.42 Å². The lowest BCUT2D eigenvalue weighted by Gasteiger charge is -2.19. The summed E-state index contributed by atoms with van der Waals surface area (Å²) >= 11 is 11.3. The van der Waals surface area contributed by atoms with Gasteiger partial charge in [0.1, 0.15) is 5.38 Å². The Hall–Kier alpha value is 0.250. The lowest BCUT2D eigenvalue weighted by Crippen LogP contribution is -2.29. The van der Waals surface area contributed by atoms with E-state index in [1.165, 1.54) is 0 Å². The highest BCUT2D eigenvalue weighted by Gasteiger charge is 2.27. The predicted molar refractivity (Wildman–Crippen MR) is 38.1 cm³/mol. The third-order valence-electron chi connectivity index (χ3n) is 1.53. The highest BCUT2D eigenvalue weighted by Crippen LogP contribution is 2.24. The molecule has 52 valence electrons. The first-order valence-electron chi connectivity index (χ1n) is 3.02. The van der Waals surface area contributed by atoms with E-state index in [2.05, 4.69) is 0 Å². The van der Waals surface area contributed by atoms with Gasteiger partial charge in [-0.25, -0.2) is 0 Å². The van der Waals surface area contributed by atoms with Crippen LogP contribution in [0.4, 0.5) is 0 Å². The normalized spacial score (nSPS) is 36.9. The van der Waals surface area contributed by atoms with Crippen molar-refractivity contribution in [2.45, 2.75) is 30.0 Å². The van der Waals surface area contributed by atoms with Crippen molar-refractivity contribution in [2.75, 3.05) is 0 Å². The van der Waals surface area contributed by atoms with Crippen LogP contribution in [0.3, 0.4) is 0 Å². The molecule has 0 aromatic heterocycles. The average molecular weight is 167 g/mol. The minimum atomic E-state index is -0.430. The van der Waals surface area contributed by atoms with Crippen molar-refractivity contribution in [2.24, 2.45) is 0 Å². The Bertz CT molecular complexity index is 124. The number of carbonyl (C=O) groups is 1. The summed E-state index contributed by atoms with van der Waals surface area (Å²) in [5.74, 6) is 0.0999. The van der Waals surface area contributed by atoms with Gasteiger partial charge < -0.3 is 0 Å². The summed E-state index contributed by atoms with van der Waals surface area (Å²) in [6.45, 7) is 0. The minimum absolute atomic E-state index is 0.0999. The number of hydrogen-bond acceptors (Lipinski definition) is 1. The number of Topliss-reactive ketones (excluding diaryl/α,β-unsaturated/α-hetero) is 1. The summed E-state index contributed by atoms with van der Waals surface area (Å²) in [7, 11) is 0. The number of halogens is 2. The second-order valence-corrected chi connectivity index (χ2v) is 3.31. The van der Waals surface area contributed by atoms with Crippen molar-refractivity contribution < 1.29 is 4.79 Å². The topological polar surface area (TPSA) is 17.1 Å². The van der Waals surface area contributed by atoms with Crippen LogP contribution in [0.1, 0.15) is 19.3 Å². The van der Waals surface area contributed by atoms with Gasteiger partial charge in [0.25, 0.3) is 0 Å². The summed E-state index contributed by atoms with van der Waals surface area (Å²) in [5.41, 5.74) is 0. The second kappa shape index (κ2) is 2.89. The van der Waals surface area contributed by atoms with Gasteiger partial charge in [-0.1, -0.05) is 0 Å². The van der Waals surface area contributed by atoms with E-state index in [1.807, 2.05) is 0 Å². The van der Waals surface area contributed by atoms with Crippen LogP contribution in [0.15, 0.2) is 0 Å². The van der Waals surface area contributed by atoms with Crippen molar-refractivity contribution in [3.05, 3.63) is 0 Å². The summed E-state index contributed by atoms with van der Waals surface area (Å²) in [5, 5.41) is -0.562. The lowest BCUT2D eigenvalue weighted by molar-refractivity contribution is -0.119. The SMILES string of the molecule is O=C1CCCC(Cl)C1Cl. The van der Waals surface area contributed by atoms with Crippen LogP contribution in [0.25, 0.3) is 0 Å². The van der Waals surface area contributed by atoms with E-state index in [4.69, 9.17) is 23.2 Å². The first kappa shape index (κ1) is 7.36. The number of alkyl halides is 2. The summed E-state index contributed by atoms with van der Waals surface area (Å²) < 4.78 is 0. The monoisotopic (exact) mass is 166 g/mol. The van der Waals surface area contributed by atoms with Crippen LogP contribution < -0.4 is 0 Å². The molecule has 3 heteroatoms. The quantitative estimate of drug-likeness (QED) is 0.504. The van der Waals surface area contributed by atoms with E-state index in [1.54, 1.807) is 0 Å². The molecule has 0 aromatic carbocycles. The zero-order valence-electron chi connectivity index (χ0n) is 4.94. The molecule has 0 N–H and O–H groups in total. The van der Waals surface area contributed by atoms with Crippen molar-refractivity contribution in [1.82, 2.24) is 0 Å². The van der Waals surface area contributed by atoms with Gasteiger partial charge in [0.05, 0.1) is 5.38 Å². The maximum absolute atomic E-state index is 10.8. The van der Waals surface area contributed by atoms with Crippen LogP contribution in [0.2, 0.25) is 0 Å². The Labute approximate surface area is 64.3 Å². The smallest absolute Gasteiger partial charge is 0.152 e. The first-order chi connectivity index (χ1) is 4.22. The van der Waals surface area contributed by atoms with Crippen molar-refractivity contribution >= 4 is 29.0 Å². The van der Waals surface area contributed by atoms with E-state index < -0.39 is 5.38 Å². The third-order valence-corrected chi connectivity index (χ3v) is 2.67. The number of ketones is 1. The summed E-state index contributed by atoms with van der Waals surface area (Å²) in [4.78, 5) is 10.8. The van der Waals surface area contributed by atoms with Gasteiger partial charge >= 0.3 is 0 Å². The Balaban J connectivity index is 2.51. The Kier molecular flexibility index (Phi) is 2.36. The fourth-order valence-corrected chi connectivity index (χ4v) is 1.49. The van der Waals surface area contributed by atoms with Gasteiger partial charge in [0, 0.05) is 6.42 Å². The maximum Gasteiger partial charge on any atom is 0.152 e. The lowest BCUT2D eigenvalue weighted by atomic mass is 9.98. The van der Waals surface area contributed by atoms with Crippen LogP contribution in [0.5, 0.6) is 0 Å². The third kappa shape index (κ3) is 1.59. The van der Waals surface area contributed by atoms with Crippen LogP contribution in [0, 0.1) is 0 Å². The number of hydrogen-bond donors (Lipinski definition) is 0. The van der Waals surface area contributed by atoms with Gasteiger partial charge in [-0.3, -0.25) is 4.79 Å². The van der Waals surface area contributed by atoms with E-state index in [-0.39, 0.29) is 11.2 Å². The van der Waals surface area contributed by atoms with Gasteiger partial charge in [-0.15, -0.1) is 23.2 Å². The van der Waals surface area contributed by atoms with E-state index >= 15 is 0 Å². The van der Waals surface area contributed by atoms with Crippen LogP contribution >= 0.6 is 23.2 Å². The molecule has 0 aromatic rings. The maximum atomic E-state index is 10.8. The molecule has 2 unspecified atom stereocenters. The Morgan fingerprint density at radius 1 is 1.44 bits per heavy atom. The fourth-order valence-electron chi connectivity index (χ4n) is 0.957. The largest absolute Gasteiger partial charge is 0.298 e. The zero-order valence-corrected chi connectivity index (χ0v) is 6.45. The van der Waals surface area contributed by atoms with E-state index in [9.17, 15) is 4.79 Å². The highest BCUT2D eigenvalue weighted by atomic mass is 35.5. The molecule has 0 radical (unpaired) electrons. The number of rotatable bonds is 0. The molecule has 1 saturated carbocycles. The molecule has 0 saturated heterocycles. The van der Waals surface area contributed by atoms with Gasteiger partial charge in [0.15, 0.2) is 5.78 Å². The Morgan fingerprint density at radius 3 is 2.56 bits per heavy atom. The minimum Gasteiger partial charge on any atom is -0.298 e. The van der Waals surface area contributed by atoms with Crippen molar-refractivity contribution in [3.63, 3.8) is 0 Å². The fraction of sp³-hybridized carbons (Fsp3) is 0.833. The summed E-state index contributed by atoms with van der Waals surface area (Å²) in [6.07, 6.45) is 2.38. The van der Waals surface area contributed by atoms with Crippen molar-refractivity contribution in [3.8, 4) is 0 Å². The van der Waals surface area contributed by atoms with Crippen LogP contribution in [-0.2, 0) is 4.79 Å². The molecule has 0 bridgehead atoms. The molecule has 9 heavy (non-hydrogen) atoms. The van der Waals surface area contributed by atoms with Gasteiger partial charge in [-0.2, -0.15) is 0 Å². The standard InChI is InChI=1S/C6H8Cl2O/c7-4-2-1-3-5(9)6(4)8/h4,6H,1-3H2. The molecule has 1 aliphatic carbocycles. The molecule has 0 amide bonds. The van der Waals surface area contributed by atoms with Gasteiger partial charge in [-0.05, 0) is 12.8 Å². The second-order valence-electron chi connectivity index (χ2n) is 2.28. The molecule has 0 spiro atoms. The molecular formula is C6H8Cl2O. The average Bonchev–Trinajstić information content (AvgIpc) is 1.83. The molecule has 1 aliphatic rings.